The fourth-order valence-corrected chi connectivity index (χ4v) is 1.89. The second kappa shape index (κ2) is 5.88. The van der Waals surface area contributed by atoms with E-state index >= 15 is 0 Å². The van der Waals surface area contributed by atoms with Crippen LogP contribution in [0.5, 0.6) is 0 Å². The van der Waals surface area contributed by atoms with Gasteiger partial charge in [0.15, 0.2) is 0 Å². The Kier molecular flexibility index (Phi) is 4.21. The molecule has 1 N–H and O–H groups in total. The summed E-state index contributed by atoms with van der Waals surface area (Å²) >= 11 is 3.29. The number of amides is 1. The van der Waals surface area contributed by atoms with Gasteiger partial charge in [-0.15, -0.1) is 0 Å². The summed E-state index contributed by atoms with van der Waals surface area (Å²) in [7, 11) is 0. The van der Waals surface area contributed by atoms with Crippen LogP contribution >= 0.6 is 15.9 Å². The minimum atomic E-state index is -0.788. The molecular formula is C13H9BrF2N2O. The minimum Gasteiger partial charge on any atom is -0.346 e. The summed E-state index contributed by atoms with van der Waals surface area (Å²) in [4.78, 5) is 15.8. The highest BCUT2D eigenvalue weighted by atomic mass is 79.9. The third-order valence-electron chi connectivity index (χ3n) is 2.38. The van der Waals surface area contributed by atoms with Crippen LogP contribution in [0.1, 0.15) is 16.1 Å². The number of hydrogen-bond acceptors (Lipinski definition) is 2. The molecule has 1 amide bonds. The molecule has 3 nitrogen and oxygen atoms in total. The monoisotopic (exact) mass is 326 g/mol. The summed E-state index contributed by atoms with van der Waals surface area (Å²) in [6.07, 6.45) is 1.59. The van der Waals surface area contributed by atoms with E-state index in [-0.39, 0.29) is 12.1 Å². The van der Waals surface area contributed by atoms with E-state index in [0.29, 0.717) is 11.8 Å². The number of halogens is 3. The van der Waals surface area contributed by atoms with Gasteiger partial charge in [0.25, 0.3) is 5.91 Å². The van der Waals surface area contributed by atoms with Crippen LogP contribution in [0, 0.1) is 11.6 Å². The largest absolute Gasteiger partial charge is 0.346 e. The minimum absolute atomic E-state index is 0.0652. The number of benzene rings is 1. The highest BCUT2D eigenvalue weighted by Gasteiger charge is 2.10. The lowest BCUT2D eigenvalue weighted by atomic mass is 10.2. The molecule has 2 aromatic rings. The van der Waals surface area contributed by atoms with E-state index in [1.807, 2.05) is 0 Å². The van der Waals surface area contributed by atoms with Gasteiger partial charge in [-0.2, -0.15) is 0 Å². The fourth-order valence-electron chi connectivity index (χ4n) is 1.50. The van der Waals surface area contributed by atoms with Gasteiger partial charge >= 0.3 is 0 Å². The summed E-state index contributed by atoms with van der Waals surface area (Å²) in [5.41, 5.74) is 0.567. The Hall–Kier alpha value is -1.82. The molecule has 1 aromatic carbocycles. The average molecular weight is 327 g/mol. The van der Waals surface area contributed by atoms with Crippen LogP contribution in [-0.4, -0.2) is 10.9 Å². The Bertz CT molecular complexity index is 599. The van der Waals surface area contributed by atoms with Crippen molar-refractivity contribution in [3.8, 4) is 0 Å². The fraction of sp³-hybridized carbons (Fsp3) is 0.0769. The zero-order valence-electron chi connectivity index (χ0n) is 9.66. The molecule has 2 rings (SSSR count). The average Bonchev–Trinajstić information content (AvgIpc) is 2.36. The van der Waals surface area contributed by atoms with E-state index in [0.717, 1.165) is 16.6 Å². The van der Waals surface area contributed by atoms with Crippen LogP contribution in [0.15, 0.2) is 41.0 Å². The van der Waals surface area contributed by atoms with Gasteiger partial charge in [-0.3, -0.25) is 9.78 Å². The predicted molar refractivity (Wildman–Crippen MR) is 69.5 cm³/mol. The number of hydrogen-bond donors (Lipinski definition) is 1. The number of nitrogens with one attached hydrogen (secondary N) is 1. The van der Waals surface area contributed by atoms with Crippen molar-refractivity contribution in [2.24, 2.45) is 0 Å². The summed E-state index contributed by atoms with van der Waals surface area (Å²) in [5, 5.41) is 2.55. The van der Waals surface area contributed by atoms with Crippen molar-refractivity contribution in [2.75, 3.05) is 0 Å². The normalized spacial score (nSPS) is 10.3. The van der Waals surface area contributed by atoms with Gasteiger partial charge in [-0.25, -0.2) is 8.78 Å². The highest BCUT2D eigenvalue weighted by Crippen LogP contribution is 2.13. The van der Waals surface area contributed by atoms with E-state index in [1.165, 1.54) is 0 Å². The molecule has 0 saturated carbocycles. The van der Waals surface area contributed by atoms with Crippen molar-refractivity contribution in [3.05, 3.63) is 63.9 Å². The van der Waals surface area contributed by atoms with E-state index < -0.39 is 17.5 Å². The number of rotatable bonds is 3. The molecule has 1 heterocycles. The van der Waals surface area contributed by atoms with Crippen molar-refractivity contribution >= 4 is 21.8 Å². The zero-order chi connectivity index (χ0) is 13.8. The van der Waals surface area contributed by atoms with Crippen molar-refractivity contribution in [3.63, 3.8) is 0 Å². The maximum atomic E-state index is 13.0. The molecule has 19 heavy (non-hydrogen) atoms. The zero-order valence-corrected chi connectivity index (χ0v) is 11.2. The number of carbonyl (C=O) groups excluding carboxylic acids is 1. The molecule has 0 aliphatic rings. The van der Waals surface area contributed by atoms with Gasteiger partial charge < -0.3 is 5.32 Å². The molecule has 98 valence electrons. The smallest absolute Gasteiger partial charge is 0.251 e. The Balaban J connectivity index is 2.08. The third kappa shape index (κ3) is 3.57. The molecule has 0 unspecified atom stereocenters. The van der Waals surface area contributed by atoms with Crippen LogP contribution in [0.25, 0.3) is 0 Å². The van der Waals surface area contributed by atoms with Gasteiger partial charge in [0.2, 0.25) is 0 Å². The second-order valence-electron chi connectivity index (χ2n) is 3.77. The highest BCUT2D eigenvalue weighted by molar-refractivity contribution is 9.10. The molecule has 6 heteroatoms. The molecule has 1 aromatic heterocycles. The number of aromatic nitrogens is 1. The lowest BCUT2D eigenvalue weighted by Crippen LogP contribution is -2.23. The van der Waals surface area contributed by atoms with Gasteiger partial charge in [-0.05, 0) is 40.2 Å². The van der Waals surface area contributed by atoms with E-state index in [1.54, 1.807) is 18.3 Å². The van der Waals surface area contributed by atoms with Crippen LogP contribution in [0.3, 0.4) is 0 Å². The Morgan fingerprint density at radius 2 is 1.95 bits per heavy atom. The lowest BCUT2D eigenvalue weighted by molar-refractivity contribution is 0.0949. The molecule has 0 fully saturated rings. The van der Waals surface area contributed by atoms with Crippen LogP contribution < -0.4 is 5.32 Å². The molecule has 0 bridgehead atoms. The second-order valence-corrected chi connectivity index (χ2v) is 4.63. The van der Waals surface area contributed by atoms with Crippen LogP contribution in [0.4, 0.5) is 8.78 Å². The summed E-state index contributed by atoms with van der Waals surface area (Å²) in [6.45, 7) is 0.165. The number of carbonyl (C=O) groups is 1. The topological polar surface area (TPSA) is 42.0 Å². The van der Waals surface area contributed by atoms with E-state index in [9.17, 15) is 13.6 Å². The standard InChI is InChI=1S/C13H9BrF2N2O/c14-11-2-1-3-17-12(11)7-18-13(19)8-4-9(15)6-10(16)5-8/h1-6H,7H2,(H,18,19). The van der Waals surface area contributed by atoms with Gasteiger partial charge in [-0.1, -0.05) is 0 Å². The molecule has 0 aliphatic carbocycles. The maximum absolute atomic E-state index is 13.0. The summed E-state index contributed by atoms with van der Waals surface area (Å²) < 4.78 is 26.7. The quantitative estimate of drug-likeness (QED) is 0.941. The SMILES string of the molecule is O=C(NCc1ncccc1Br)c1cc(F)cc(F)c1. The lowest BCUT2D eigenvalue weighted by Gasteiger charge is -2.06. The predicted octanol–water partition coefficient (Wildman–Crippen LogP) is 3.05. The molecule has 0 aliphatic heterocycles. The van der Waals surface area contributed by atoms with E-state index in [2.05, 4.69) is 26.2 Å². The molecular weight excluding hydrogens is 318 g/mol. The Morgan fingerprint density at radius 1 is 1.26 bits per heavy atom. The first-order chi connectivity index (χ1) is 9.06. The molecule has 0 saturated heterocycles. The van der Waals surface area contributed by atoms with Gasteiger partial charge in [0.1, 0.15) is 11.6 Å². The molecule has 0 atom stereocenters. The van der Waals surface area contributed by atoms with Gasteiger partial charge in [0, 0.05) is 22.3 Å². The molecule has 0 radical (unpaired) electrons. The molecule has 0 spiro atoms. The maximum Gasteiger partial charge on any atom is 0.251 e. The number of pyridine rings is 1. The van der Waals surface area contributed by atoms with Crippen LogP contribution in [0.2, 0.25) is 0 Å². The van der Waals surface area contributed by atoms with E-state index in [4.69, 9.17) is 0 Å². The first-order valence-corrected chi connectivity index (χ1v) is 6.19. The van der Waals surface area contributed by atoms with Crippen molar-refractivity contribution < 1.29 is 13.6 Å². The van der Waals surface area contributed by atoms with Crippen molar-refractivity contribution in [1.29, 1.82) is 0 Å². The van der Waals surface area contributed by atoms with Gasteiger partial charge in [0.05, 0.1) is 12.2 Å². The van der Waals surface area contributed by atoms with Crippen molar-refractivity contribution in [1.82, 2.24) is 10.3 Å². The number of nitrogens with zero attached hydrogens (tertiary/aromatic N) is 1. The summed E-state index contributed by atoms with van der Waals surface area (Å²) in [5.74, 6) is -2.13. The Labute approximate surface area is 116 Å². The Morgan fingerprint density at radius 3 is 2.58 bits per heavy atom. The first-order valence-electron chi connectivity index (χ1n) is 5.40. The first kappa shape index (κ1) is 13.6. The third-order valence-corrected chi connectivity index (χ3v) is 3.10. The van der Waals surface area contributed by atoms with Crippen LogP contribution in [-0.2, 0) is 6.54 Å². The summed E-state index contributed by atoms with van der Waals surface area (Å²) in [6, 6.07) is 6.21. The van der Waals surface area contributed by atoms with Crippen molar-refractivity contribution in [2.45, 2.75) is 6.54 Å².